The summed E-state index contributed by atoms with van der Waals surface area (Å²) in [5, 5.41) is 0.683. The summed E-state index contributed by atoms with van der Waals surface area (Å²) >= 11 is 5.89. The van der Waals surface area contributed by atoms with E-state index >= 15 is 0 Å². The van der Waals surface area contributed by atoms with Crippen LogP contribution in [0.4, 0.5) is 0 Å². The standard InChI is InChI=1S/C13H17ClN2O/c14-10-6-7-11-12(9-10)17-13(16-11)5-3-1-2-4-8-15/h6-7,9H,1-5,8,15H2. The third kappa shape index (κ3) is 3.45. The number of benzene rings is 1. The maximum absolute atomic E-state index is 5.89. The van der Waals surface area contributed by atoms with E-state index in [0.717, 1.165) is 42.8 Å². The second-order valence-corrected chi connectivity index (χ2v) is 4.61. The van der Waals surface area contributed by atoms with Crippen LogP contribution < -0.4 is 5.73 Å². The van der Waals surface area contributed by atoms with Gasteiger partial charge >= 0.3 is 0 Å². The summed E-state index contributed by atoms with van der Waals surface area (Å²) in [5.41, 5.74) is 7.10. The maximum atomic E-state index is 5.89. The first-order valence-corrected chi connectivity index (χ1v) is 6.42. The third-order valence-electron chi connectivity index (χ3n) is 2.74. The lowest BCUT2D eigenvalue weighted by Crippen LogP contribution is -1.97. The molecule has 0 saturated heterocycles. The van der Waals surface area contributed by atoms with Gasteiger partial charge in [-0.15, -0.1) is 0 Å². The monoisotopic (exact) mass is 252 g/mol. The number of nitrogens with two attached hydrogens (primary N) is 1. The van der Waals surface area contributed by atoms with E-state index in [2.05, 4.69) is 4.98 Å². The topological polar surface area (TPSA) is 52.0 Å². The van der Waals surface area contributed by atoms with Gasteiger partial charge in [-0.2, -0.15) is 0 Å². The lowest BCUT2D eigenvalue weighted by atomic mass is 10.1. The molecular formula is C13H17ClN2O. The van der Waals surface area contributed by atoms with Crippen LogP contribution in [0, 0.1) is 0 Å². The summed E-state index contributed by atoms with van der Waals surface area (Å²) in [6.07, 6.45) is 5.44. The lowest BCUT2D eigenvalue weighted by molar-refractivity contribution is 0.508. The number of fused-ring (bicyclic) bond motifs is 1. The van der Waals surface area contributed by atoms with Crippen molar-refractivity contribution in [3.63, 3.8) is 0 Å². The van der Waals surface area contributed by atoms with Crippen molar-refractivity contribution in [2.45, 2.75) is 32.1 Å². The van der Waals surface area contributed by atoms with Crippen molar-refractivity contribution in [1.82, 2.24) is 4.98 Å². The Balaban J connectivity index is 1.91. The molecule has 17 heavy (non-hydrogen) atoms. The van der Waals surface area contributed by atoms with Crippen molar-refractivity contribution in [3.8, 4) is 0 Å². The van der Waals surface area contributed by atoms with Gasteiger partial charge in [0.15, 0.2) is 11.5 Å². The fourth-order valence-electron chi connectivity index (χ4n) is 1.83. The molecule has 0 spiro atoms. The van der Waals surface area contributed by atoms with Gasteiger partial charge in [0, 0.05) is 17.5 Å². The van der Waals surface area contributed by atoms with E-state index in [4.69, 9.17) is 21.8 Å². The molecule has 4 heteroatoms. The Morgan fingerprint density at radius 3 is 2.82 bits per heavy atom. The molecule has 2 rings (SSSR count). The van der Waals surface area contributed by atoms with Crippen LogP contribution in [0.15, 0.2) is 22.6 Å². The van der Waals surface area contributed by atoms with Gasteiger partial charge in [-0.25, -0.2) is 4.98 Å². The second kappa shape index (κ2) is 6.03. The summed E-state index contributed by atoms with van der Waals surface area (Å²) in [7, 11) is 0. The Kier molecular flexibility index (Phi) is 4.40. The van der Waals surface area contributed by atoms with Crippen molar-refractivity contribution >= 4 is 22.7 Å². The van der Waals surface area contributed by atoms with Crippen LogP contribution in [0.5, 0.6) is 0 Å². The number of hydrogen-bond acceptors (Lipinski definition) is 3. The largest absolute Gasteiger partial charge is 0.441 e. The van der Waals surface area contributed by atoms with E-state index in [1.165, 1.54) is 12.8 Å². The number of aryl methyl sites for hydroxylation is 1. The number of hydrogen-bond donors (Lipinski definition) is 1. The molecule has 0 radical (unpaired) electrons. The van der Waals surface area contributed by atoms with E-state index in [0.29, 0.717) is 5.02 Å². The summed E-state index contributed by atoms with van der Waals surface area (Å²) in [5.74, 6) is 0.801. The smallest absolute Gasteiger partial charge is 0.195 e. The first-order valence-electron chi connectivity index (χ1n) is 6.04. The Morgan fingerprint density at radius 1 is 1.18 bits per heavy atom. The molecule has 1 heterocycles. The molecule has 0 amide bonds. The van der Waals surface area contributed by atoms with Crippen LogP contribution in [0.2, 0.25) is 5.02 Å². The minimum absolute atomic E-state index is 0.683. The minimum atomic E-state index is 0.683. The molecule has 1 aromatic carbocycles. The Bertz CT molecular complexity index is 481. The zero-order valence-electron chi connectivity index (χ0n) is 9.79. The summed E-state index contributed by atoms with van der Waals surface area (Å²) in [6, 6.07) is 5.53. The second-order valence-electron chi connectivity index (χ2n) is 4.17. The average molecular weight is 253 g/mol. The summed E-state index contributed by atoms with van der Waals surface area (Å²) in [6.45, 7) is 0.779. The molecule has 1 aromatic heterocycles. The SMILES string of the molecule is NCCCCCCc1nc2ccc(Cl)cc2o1. The van der Waals surface area contributed by atoms with Crippen molar-refractivity contribution < 1.29 is 4.42 Å². The average Bonchev–Trinajstić information content (AvgIpc) is 2.70. The molecule has 0 aliphatic rings. The molecule has 92 valence electrons. The van der Waals surface area contributed by atoms with Crippen molar-refractivity contribution in [2.75, 3.05) is 6.54 Å². The predicted molar refractivity (Wildman–Crippen MR) is 70.2 cm³/mol. The van der Waals surface area contributed by atoms with Gasteiger partial charge in [0.1, 0.15) is 5.52 Å². The molecule has 3 nitrogen and oxygen atoms in total. The Labute approximate surface area is 106 Å². The summed E-state index contributed by atoms with van der Waals surface area (Å²) in [4.78, 5) is 4.42. The molecule has 0 saturated carbocycles. The molecule has 0 bridgehead atoms. The van der Waals surface area contributed by atoms with Gasteiger partial charge in [-0.05, 0) is 31.5 Å². The van der Waals surface area contributed by atoms with E-state index in [1.54, 1.807) is 0 Å². The molecule has 0 aliphatic heterocycles. The maximum Gasteiger partial charge on any atom is 0.195 e. The predicted octanol–water partition coefficient (Wildman–Crippen LogP) is 3.54. The van der Waals surface area contributed by atoms with Gasteiger partial charge < -0.3 is 10.2 Å². The minimum Gasteiger partial charge on any atom is -0.441 e. The highest BCUT2D eigenvalue weighted by Gasteiger charge is 2.05. The van der Waals surface area contributed by atoms with Crippen molar-refractivity contribution in [1.29, 1.82) is 0 Å². The summed E-state index contributed by atoms with van der Waals surface area (Å²) < 4.78 is 5.64. The van der Waals surface area contributed by atoms with Gasteiger partial charge in [0.25, 0.3) is 0 Å². The highest BCUT2D eigenvalue weighted by atomic mass is 35.5. The molecular weight excluding hydrogens is 236 g/mol. The fraction of sp³-hybridized carbons (Fsp3) is 0.462. The van der Waals surface area contributed by atoms with Crippen LogP contribution in [0.3, 0.4) is 0 Å². The number of nitrogens with zero attached hydrogens (tertiary/aromatic N) is 1. The van der Waals surface area contributed by atoms with Gasteiger partial charge in [-0.1, -0.05) is 24.4 Å². The van der Waals surface area contributed by atoms with Crippen LogP contribution in [-0.4, -0.2) is 11.5 Å². The number of unbranched alkanes of at least 4 members (excludes halogenated alkanes) is 3. The fourth-order valence-corrected chi connectivity index (χ4v) is 1.99. The van der Waals surface area contributed by atoms with E-state index in [-0.39, 0.29) is 0 Å². The van der Waals surface area contributed by atoms with Gasteiger partial charge in [0.05, 0.1) is 0 Å². The highest BCUT2D eigenvalue weighted by Crippen LogP contribution is 2.21. The highest BCUT2D eigenvalue weighted by molar-refractivity contribution is 6.31. The molecule has 2 aromatic rings. The van der Waals surface area contributed by atoms with E-state index < -0.39 is 0 Å². The quantitative estimate of drug-likeness (QED) is 0.800. The molecule has 0 unspecified atom stereocenters. The Morgan fingerprint density at radius 2 is 2.00 bits per heavy atom. The van der Waals surface area contributed by atoms with Crippen LogP contribution in [-0.2, 0) is 6.42 Å². The third-order valence-corrected chi connectivity index (χ3v) is 2.97. The zero-order valence-corrected chi connectivity index (χ0v) is 10.5. The normalized spacial score (nSPS) is 11.2. The van der Waals surface area contributed by atoms with Crippen molar-refractivity contribution in [3.05, 3.63) is 29.1 Å². The molecule has 0 aliphatic carbocycles. The van der Waals surface area contributed by atoms with E-state index in [9.17, 15) is 0 Å². The van der Waals surface area contributed by atoms with Crippen LogP contribution in [0.1, 0.15) is 31.6 Å². The molecule has 2 N–H and O–H groups in total. The molecule has 0 fully saturated rings. The number of oxazole rings is 1. The van der Waals surface area contributed by atoms with E-state index in [1.807, 2.05) is 18.2 Å². The zero-order chi connectivity index (χ0) is 12.1. The molecule has 0 atom stereocenters. The Hall–Kier alpha value is -1.06. The lowest BCUT2D eigenvalue weighted by Gasteiger charge is -1.96. The van der Waals surface area contributed by atoms with Crippen molar-refractivity contribution in [2.24, 2.45) is 5.73 Å². The van der Waals surface area contributed by atoms with Gasteiger partial charge in [-0.3, -0.25) is 0 Å². The van der Waals surface area contributed by atoms with Crippen LogP contribution >= 0.6 is 11.6 Å². The first-order chi connectivity index (χ1) is 8.29. The van der Waals surface area contributed by atoms with Gasteiger partial charge in [0.2, 0.25) is 0 Å². The number of rotatable bonds is 6. The first kappa shape index (κ1) is 12.4. The number of halogens is 1. The van der Waals surface area contributed by atoms with Crippen LogP contribution in [0.25, 0.3) is 11.1 Å². The number of aromatic nitrogens is 1.